The summed E-state index contributed by atoms with van der Waals surface area (Å²) in [5.41, 5.74) is 0.314. The quantitative estimate of drug-likeness (QED) is 0.732. The van der Waals surface area contributed by atoms with Crippen molar-refractivity contribution in [3.8, 4) is 5.88 Å². The number of rotatable bonds is 1. The summed E-state index contributed by atoms with van der Waals surface area (Å²) in [6.45, 7) is 1.54. The molecule has 0 aromatic carbocycles. The molecule has 0 radical (unpaired) electrons. The van der Waals surface area contributed by atoms with Gasteiger partial charge in [0.2, 0.25) is 5.88 Å². The molecule has 2 aromatic heterocycles. The SMILES string of the molecule is Cc1nnc2cccc(OC(F)(F)F)n12. The molecule has 0 N–H and O–H groups in total. The van der Waals surface area contributed by atoms with E-state index in [9.17, 15) is 13.2 Å². The van der Waals surface area contributed by atoms with Crippen molar-refractivity contribution < 1.29 is 17.9 Å². The molecule has 4 nitrogen and oxygen atoms in total. The number of halogens is 3. The van der Waals surface area contributed by atoms with E-state index in [4.69, 9.17) is 0 Å². The van der Waals surface area contributed by atoms with E-state index in [-0.39, 0.29) is 5.88 Å². The topological polar surface area (TPSA) is 39.4 Å². The number of nitrogens with zero attached hydrogens (tertiary/aromatic N) is 3. The van der Waals surface area contributed by atoms with Crippen LogP contribution in [0.1, 0.15) is 5.82 Å². The van der Waals surface area contributed by atoms with Crippen molar-refractivity contribution in [2.24, 2.45) is 0 Å². The number of hydrogen-bond donors (Lipinski definition) is 0. The number of aryl methyl sites for hydroxylation is 1. The molecule has 0 bridgehead atoms. The van der Waals surface area contributed by atoms with Crippen LogP contribution < -0.4 is 4.74 Å². The molecule has 0 unspecified atom stereocenters. The Balaban J connectivity index is 2.55. The van der Waals surface area contributed by atoms with Crippen molar-refractivity contribution in [3.63, 3.8) is 0 Å². The molecule has 0 saturated heterocycles. The normalized spacial score (nSPS) is 12.0. The fourth-order valence-electron chi connectivity index (χ4n) is 1.25. The number of ether oxygens (including phenoxy) is 1. The van der Waals surface area contributed by atoms with Crippen molar-refractivity contribution in [1.29, 1.82) is 0 Å². The van der Waals surface area contributed by atoms with Gasteiger partial charge in [0, 0.05) is 0 Å². The van der Waals surface area contributed by atoms with Crippen molar-refractivity contribution in [2.45, 2.75) is 13.3 Å². The van der Waals surface area contributed by atoms with E-state index < -0.39 is 6.36 Å². The van der Waals surface area contributed by atoms with Crippen LogP contribution in [-0.2, 0) is 0 Å². The molecule has 2 heterocycles. The summed E-state index contributed by atoms with van der Waals surface area (Å²) in [6.07, 6.45) is -4.72. The second-order valence-electron chi connectivity index (χ2n) is 2.85. The van der Waals surface area contributed by atoms with Gasteiger partial charge in [-0.15, -0.1) is 23.4 Å². The molecular formula is C8H6F3N3O. The van der Waals surface area contributed by atoms with Gasteiger partial charge in [-0.05, 0) is 19.1 Å². The fraction of sp³-hybridized carbons (Fsp3) is 0.250. The van der Waals surface area contributed by atoms with Crippen LogP contribution in [0.25, 0.3) is 5.65 Å². The van der Waals surface area contributed by atoms with Crippen LogP contribution in [0.15, 0.2) is 18.2 Å². The number of aromatic nitrogens is 3. The Hall–Kier alpha value is -1.79. The van der Waals surface area contributed by atoms with Gasteiger partial charge in [0.1, 0.15) is 5.82 Å². The lowest BCUT2D eigenvalue weighted by Gasteiger charge is -2.10. The summed E-state index contributed by atoms with van der Waals surface area (Å²) in [4.78, 5) is 0. The van der Waals surface area contributed by atoms with Crippen molar-refractivity contribution in [2.75, 3.05) is 0 Å². The molecule has 2 aromatic rings. The first-order chi connectivity index (χ1) is 6.97. The van der Waals surface area contributed by atoms with Crippen LogP contribution in [-0.4, -0.2) is 21.0 Å². The largest absolute Gasteiger partial charge is 0.574 e. The Morgan fingerprint density at radius 2 is 2.00 bits per heavy atom. The van der Waals surface area contributed by atoms with Crippen LogP contribution in [0.3, 0.4) is 0 Å². The minimum Gasteiger partial charge on any atom is -0.389 e. The highest BCUT2D eigenvalue weighted by atomic mass is 19.4. The molecule has 0 amide bonds. The van der Waals surface area contributed by atoms with Gasteiger partial charge in [-0.3, -0.25) is 0 Å². The van der Waals surface area contributed by atoms with E-state index in [2.05, 4.69) is 14.9 Å². The highest BCUT2D eigenvalue weighted by Crippen LogP contribution is 2.23. The van der Waals surface area contributed by atoms with E-state index in [1.54, 1.807) is 13.0 Å². The molecule has 0 aliphatic carbocycles. The molecular weight excluding hydrogens is 211 g/mol. The number of alkyl halides is 3. The molecule has 15 heavy (non-hydrogen) atoms. The summed E-state index contributed by atoms with van der Waals surface area (Å²) >= 11 is 0. The minimum absolute atomic E-state index is 0.314. The molecule has 7 heteroatoms. The smallest absolute Gasteiger partial charge is 0.389 e. The number of hydrogen-bond acceptors (Lipinski definition) is 3. The van der Waals surface area contributed by atoms with Crippen LogP contribution >= 0.6 is 0 Å². The highest BCUT2D eigenvalue weighted by Gasteiger charge is 2.32. The third-order valence-electron chi connectivity index (χ3n) is 1.77. The lowest BCUT2D eigenvalue weighted by atomic mass is 10.4. The van der Waals surface area contributed by atoms with Crippen molar-refractivity contribution >= 4 is 5.65 Å². The van der Waals surface area contributed by atoms with Crippen LogP contribution in [0, 0.1) is 6.92 Å². The predicted molar refractivity (Wildman–Crippen MR) is 44.4 cm³/mol. The van der Waals surface area contributed by atoms with Crippen LogP contribution in [0.2, 0.25) is 0 Å². The van der Waals surface area contributed by atoms with Gasteiger partial charge in [-0.1, -0.05) is 6.07 Å². The van der Waals surface area contributed by atoms with Gasteiger partial charge in [0.25, 0.3) is 0 Å². The average Bonchev–Trinajstić information content (AvgIpc) is 2.46. The second kappa shape index (κ2) is 3.11. The van der Waals surface area contributed by atoms with E-state index in [0.717, 1.165) is 0 Å². The zero-order valence-electron chi connectivity index (χ0n) is 7.62. The van der Waals surface area contributed by atoms with Crippen LogP contribution in [0.5, 0.6) is 5.88 Å². The first-order valence-corrected chi connectivity index (χ1v) is 4.04. The van der Waals surface area contributed by atoms with Gasteiger partial charge >= 0.3 is 6.36 Å². The van der Waals surface area contributed by atoms with Gasteiger partial charge in [0.05, 0.1) is 0 Å². The van der Waals surface area contributed by atoms with Gasteiger partial charge in [0.15, 0.2) is 5.65 Å². The summed E-state index contributed by atoms with van der Waals surface area (Å²) in [7, 11) is 0. The maximum atomic E-state index is 12.0. The molecule has 0 saturated carbocycles. The monoisotopic (exact) mass is 217 g/mol. The third kappa shape index (κ3) is 1.85. The Kier molecular flexibility index (Phi) is 2.02. The molecule has 0 spiro atoms. The van der Waals surface area contributed by atoms with Crippen molar-refractivity contribution in [1.82, 2.24) is 14.6 Å². The van der Waals surface area contributed by atoms with Crippen LogP contribution in [0.4, 0.5) is 13.2 Å². The lowest BCUT2D eigenvalue weighted by Crippen LogP contribution is -2.19. The summed E-state index contributed by atoms with van der Waals surface area (Å²) in [5, 5.41) is 7.33. The molecule has 80 valence electrons. The number of pyridine rings is 1. The predicted octanol–water partition coefficient (Wildman–Crippen LogP) is 1.94. The van der Waals surface area contributed by atoms with Gasteiger partial charge < -0.3 is 4.74 Å². The van der Waals surface area contributed by atoms with Gasteiger partial charge in [-0.2, -0.15) is 0 Å². The molecule has 0 aliphatic rings. The Labute approximate surface area is 82.3 Å². The molecule has 2 rings (SSSR count). The minimum atomic E-state index is -4.72. The average molecular weight is 217 g/mol. The van der Waals surface area contributed by atoms with E-state index in [1.807, 2.05) is 0 Å². The van der Waals surface area contributed by atoms with Crippen molar-refractivity contribution in [3.05, 3.63) is 24.0 Å². The zero-order chi connectivity index (χ0) is 11.1. The number of fused-ring (bicyclic) bond motifs is 1. The lowest BCUT2D eigenvalue weighted by molar-refractivity contribution is -0.276. The van der Waals surface area contributed by atoms with Gasteiger partial charge in [-0.25, -0.2) is 4.40 Å². The van der Waals surface area contributed by atoms with E-state index >= 15 is 0 Å². The third-order valence-corrected chi connectivity index (χ3v) is 1.77. The Bertz CT molecular complexity index is 491. The molecule has 0 atom stereocenters. The first-order valence-electron chi connectivity index (χ1n) is 4.04. The Morgan fingerprint density at radius 1 is 1.27 bits per heavy atom. The fourth-order valence-corrected chi connectivity index (χ4v) is 1.25. The molecule has 0 fully saturated rings. The summed E-state index contributed by atoms with van der Waals surface area (Å²) < 4.78 is 41.1. The highest BCUT2D eigenvalue weighted by molar-refractivity contribution is 5.41. The standard InChI is InChI=1S/C8H6F3N3O/c1-5-12-13-6-3-2-4-7(14(5)6)15-8(9,10)11/h2-4H,1H3. The maximum Gasteiger partial charge on any atom is 0.574 e. The molecule has 0 aliphatic heterocycles. The maximum absolute atomic E-state index is 12.0. The second-order valence-corrected chi connectivity index (χ2v) is 2.85. The first kappa shape index (κ1) is 9.75. The summed E-state index contributed by atoms with van der Waals surface area (Å²) in [6, 6.07) is 4.17. The summed E-state index contributed by atoms with van der Waals surface area (Å²) in [5.74, 6) is -0.00708. The Morgan fingerprint density at radius 3 is 2.67 bits per heavy atom. The van der Waals surface area contributed by atoms with E-state index in [0.29, 0.717) is 11.5 Å². The van der Waals surface area contributed by atoms with E-state index in [1.165, 1.54) is 16.5 Å². The zero-order valence-corrected chi connectivity index (χ0v) is 7.62.